The third kappa shape index (κ3) is 1.12. The fourth-order valence-electron chi connectivity index (χ4n) is 3.08. The van der Waals surface area contributed by atoms with Crippen LogP contribution in [0.15, 0.2) is 6.20 Å². The minimum Gasteiger partial charge on any atom is -0.312 e. The summed E-state index contributed by atoms with van der Waals surface area (Å²) in [5, 5.41) is 10.9. The second-order valence-corrected chi connectivity index (χ2v) is 4.71. The summed E-state index contributed by atoms with van der Waals surface area (Å²) in [5.41, 5.74) is 3.21. The van der Waals surface area contributed by atoms with Gasteiger partial charge in [-0.3, -0.25) is 5.10 Å². The molecule has 2 aliphatic rings. The van der Waals surface area contributed by atoms with E-state index in [1.165, 1.54) is 43.4 Å². The Morgan fingerprint density at radius 1 is 1.21 bits per heavy atom. The van der Waals surface area contributed by atoms with E-state index >= 15 is 0 Å². The zero-order valence-electron chi connectivity index (χ0n) is 8.47. The third-order valence-corrected chi connectivity index (χ3v) is 3.84. The summed E-state index contributed by atoms with van der Waals surface area (Å²) < 4.78 is 0. The normalized spacial score (nSPS) is 24.9. The van der Waals surface area contributed by atoms with Gasteiger partial charge in [-0.15, -0.1) is 0 Å². The van der Waals surface area contributed by atoms with Crippen LogP contribution in [0.5, 0.6) is 0 Å². The van der Waals surface area contributed by atoms with Crippen LogP contribution >= 0.6 is 0 Å². The van der Waals surface area contributed by atoms with E-state index in [0.717, 1.165) is 13.1 Å². The molecule has 0 saturated heterocycles. The molecule has 3 rings (SSSR count). The summed E-state index contributed by atoms with van der Waals surface area (Å²) in [7, 11) is 0. The zero-order chi connectivity index (χ0) is 9.43. The molecule has 1 aromatic rings. The number of hydrogen-bond donors (Lipinski definition) is 2. The van der Waals surface area contributed by atoms with Gasteiger partial charge < -0.3 is 5.32 Å². The maximum absolute atomic E-state index is 4.19. The Bertz CT molecular complexity index is 323. The van der Waals surface area contributed by atoms with Crippen molar-refractivity contribution in [2.45, 2.75) is 44.1 Å². The molecule has 3 nitrogen and oxygen atoms in total. The third-order valence-electron chi connectivity index (χ3n) is 3.84. The van der Waals surface area contributed by atoms with Crippen LogP contribution < -0.4 is 5.32 Å². The highest BCUT2D eigenvalue weighted by atomic mass is 15.1. The van der Waals surface area contributed by atoms with Crippen LogP contribution in [0, 0.1) is 0 Å². The quantitative estimate of drug-likeness (QED) is 0.655. The van der Waals surface area contributed by atoms with Crippen molar-refractivity contribution >= 4 is 0 Å². The van der Waals surface area contributed by atoms with Crippen molar-refractivity contribution in [2.24, 2.45) is 0 Å². The lowest BCUT2D eigenvalue weighted by molar-refractivity contribution is 0.258. The molecule has 0 radical (unpaired) electrons. The van der Waals surface area contributed by atoms with E-state index in [4.69, 9.17) is 0 Å². The van der Waals surface area contributed by atoms with Crippen molar-refractivity contribution in [2.75, 3.05) is 6.54 Å². The van der Waals surface area contributed by atoms with Crippen molar-refractivity contribution in [3.05, 3.63) is 17.5 Å². The number of nitrogens with zero attached hydrogens (tertiary/aromatic N) is 1. The first-order valence-corrected chi connectivity index (χ1v) is 5.64. The van der Waals surface area contributed by atoms with Gasteiger partial charge >= 0.3 is 0 Å². The Hall–Kier alpha value is -0.830. The highest BCUT2D eigenvalue weighted by Gasteiger charge is 2.38. The Balaban J connectivity index is 2.01. The number of nitrogens with one attached hydrogen (secondary N) is 2. The van der Waals surface area contributed by atoms with Gasteiger partial charge in [0, 0.05) is 29.8 Å². The fourth-order valence-corrected chi connectivity index (χ4v) is 3.08. The van der Waals surface area contributed by atoms with E-state index in [1.54, 1.807) is 0 Å². The molecule has 3 heteroatoms. The minimum absolute atomic E-state index is 0.391. The molecule has 1 aliphatic carbocycles. The topological polar surface area (TPSA) is 40.7 Å². The molecule has 1 aliphatic heterocycles. The highest BCUT2D eigenvalue weighted by molar-refractivity contribution is 5.29. The van der Waals surface area contributed by atoms with Gasteiger partial charge in [-0.2, -0.15) is 5.10 Å². The molecule has 2 N–H and O–H groups in total. The highest BCUT2D eigenvalue weighted by Crippen LogP contribution is 2.41. The molecular formula is C11H17N3. The Morgan fingerprint density at radius 3 is 2.93 bits per heavy atom. The van der Waals surface area contributed by atoms with E-state index in [-0.39, 0.29) is 0 Å². The van der Waals surface area contributed by atoms with Gasteiger partial charge in [0.2, 0.25) is 0 Å². The summed E-state index contributed by atoms with van der Waals surface area (Å²) in [6.07, 6.45) is 8.80. The number of hydrogen-bond acceptors (Lipinski definition) is 2. The summed E-state index contributed by atoms with van der Waals surface area (Å²) >= 11 is 0. The van der Waals surface area contributed by atoms with E-state index in [2.05, 4.69) is 15.5 Å². The zero-order valence-corrected chi connectivity index (χ0v) is 8.47. The molecule has 0 amide bonds. The first-order chi connectivity index (χ1) is 6.91. The molecule has 1 aromatic heterocycles. The van der Waals surface area contributed by atoms with Gasteiger partial charge in [0.05, 0.1) is 6.20 Å². The van der Waals surface area contributed by atoms with E-state index in [0.29, 0.717) is 5.41 Å². The molecule has 0 atom stereocenters. The van der Waals surface area contributed by atoms with Crippen LogP contribution in [0.3, 0.4) is 0 Å². The average Bonchev–Trinajstić information content (AvgIpc) is 2.69. The van der Waals surface area contributed by atoms with Crippen molar-refractivity contribution in [3.8, 4) is 0 Å². The van der Waals surface area contributed by atoms with Gasteiger partial charge in [0.1, 0.15) is 0 Å². The molecule has 14 heavy (non-hydrogen) atoms. The van der Waals surface area contributed by atoms with Crippen LogP contribution in [-0.4, -0.2) is 16.7 Å². The number of aromatic amines is 1. The van der Waals surface area contributed by atoms with Crippen molar-refractivity contribution in [1.29, 1.82) is 0 Å². The van der Waals surface area contributed by atoms with Crippen molar-refractivity contribution in [1.82, 2.24) is 15.5 Å². The maximum Gasteiger partial charge on any atom is 0.0535 e. The largest absolute Gasteiger partial charge is 0.312 e. The smallest absolute Gasteiger partial charge is 0.0535 e. The number of fused-ring (bicyclic) bond motifs is 2. The first kappa shape index (κ1) is 8.48. The lowest BCUT2D eigenvalue weighted by Crippen LogP contribution is -2.44. The average molecular weight is 191 g/mol. The molecular weight excluding hydrogens is 174 g/mol. The molecule has 0 bridgehead atoms. The van der Waals surface area contributed by atoms with Crippen LogP contribution in [0.2, 0.25) is 0 Å². The van der Waals surface area contributed by atoms with E-state index in [1.807, 2.05) is 6.20 Å². The predicted octanol–water partition coefficient (Wildman–Crippen LogP) is 1.71. The Labute approximate surface area is 84.3 Å². The second kappa shape index (κ2) is 3.09. The Kier molecular flexibility index (Phi) is 1.87. The van der Waals surface area contributed by atoms with Gasteiger partial charge in [0.25, 0.3) is 0 Å². The lowest BCUT2D eigenvalue weighted by Gasteiger charge is -2.40. The van der Waals surface area contributed by atoms with Crippen LogP contribution in [0.4, 0.5) is 0 Å². The van der Waals surface area contributed by atoms with Gasteiger partial charge in [-0.05, 0) is 12.8 Å². The van der Waals surface area contributed by atoms with Gasteiger partial charge in [0.15, 0.2) is 0 Å². The lowest BCUT2D eigenvalue weighted by atomic mass is 9.69. The SMILES string of the molecule is c1n[nH]c2c1CNCC21CCCCC1. The minimum atomic E-state index is 0.391. The van der Waals surface area contributed by atoms with Crippen LogP contribution in [0.25, 0.3) is 0 Å². The van der Waals surface area contributed by atoms with E-state index in [9.17, 15) is 0 Å². The first-order valence-electron chi connectivity index (χ1n) is 5.64. The maximum atomic E-state index is 4.19. The molecule has 1 fully saturated rings. The molecule has 2 heterocycles. The van der Waals surface area contributed by atoms with Crippen LogP contribution in [-0.2, 0) is 12.0 Å². The Morgan fingerprint density at radius 2 is 2.07 bits per heavy atom. The number of H-pyrrole nitrogens is 1. The van der Waals surface area contributed by atoms with E-state index < -0.39 is 0 Å². The fraction of sp³-hybridized carbons (Fsp3) is 0.727. The molecule has 0 unspecified atom stereocenters. The van der Waals surface area contributed by atoms with Gasteiger partial charge in [-0.1, -0.05) is 19.3 Å². The number of aromatic nitrogens is 2. The molecule has 1 saturated carbocycles. The van der Waals surface area contributed by atoms with Gasteiger partial charge in [-0.25, -0.2) is 0 Å². The summed E-state index contributed by atoms with van der Waals surface area (Å²) in [4.78, 5) is 0. The standard InChI is InChI=1S/C11H17N3/c1-2-4-11(5-3-1)8-12-6-9-7-13-14-10(9)11/h7,12H,1-6,8H2,(H,13,14). The molecule has 0 aromatic carbocycles. The van der Waals surface area contributed by atoms with Crippen molar-refractivity contribution < 1.29 is 0 Å². The monoisotopic (exact) mass is 191 g/mol. The van der Waals surface area contributed by atoms with Crippen LogP contribution in [0.1, 0.15) is 43.4 Å². The summed E-state index contributed by atoms with van der Waals surface area (Å²) in [6, 6.07) is 0. The van der Waals surface area contributed by atoms with Crippen molar-refractivity contribution in [3.63, 3.8) is 0 Å². The predicted molar refractivity (Wildman–Crippen MR) is 55.1 cm³/mol. The molecule has 1 spiro atoms. The second-order valence-electron chi connectivity index (χ2n) is 4.71. The number of rotatable bonds is 0. The molecule has 76 valence electrons. The summed E-state index contributed by atoms with van der Waals surface area (Å²) in [5.74, 6) is 0. The summed E-state index contributed by atoms with van der Waals surface area (Å²) in [6.45, 7) is 2.13.